The topological polar surface area (TPSA) is 67.2 Å². The van der Waals surface area contributed by atoms with Crippen LogP contribution in [0.5, 0.6) is 0 Å². The molecule has 0 saturated carbocycles. The van der Waals surface area contributed by atoms with Gasteiger partial charge in [0, 0.05) is 22.9 Å². The molecule has 1 heterocycles. The highest BCUT2D eigenvalue weighted by molar-refractivity contribution is 5.95. The van der Waals surface area contributed by atoms with Gasteiger partial charge >= 0.3 is 0 Å². The van der Waals surface area contributed by atoms with Crippen LogP contribution < -0.4 is 5.32 Å². The Labute approximate surface area is 180 Å². The van der Waals surface area contributed by atoms with Crippen LogP contribution in [0.1, 0.15) is 66.6 Å². The van der Waals surface area contributed by atoms with Crippen LogP contribution in [0.25, 0.3) is 5.69 Å². The highest BCUT2D eigenvalue weighted by Gasteiger charge is 2.30. The number of hydrogen-bond donors (Lipinski definition) is 1. The van der Waals surface area contributed by atoms with Crippen molar-refractivity contribution in [1.29, 1.82) is 0 Å². The Balaban J connectivity index is 2.37. The molecule has 1 N–H and O–H groups in total. The lowest BCUT2D eigenvalue weighted by molar-refractivity contribution is -0.143. The summed E-state index contributed by atoms with van der Waals surface area (Å²) in [6, 6.07) is 9.76. The average molecular weight is 413 g/mol. The maximum Gasteiger partial charge on any atom is 0.245 e. The van der Waals surface area contributed by atoms with E-state index >= 15 is 0 Å². The van der Waals surface area contributed by atoms with Gasteiger partial charge in [-0.2, -0.15) is 5.10 Å². The van der Waals surface area contributed by atoms with E-state index in [1.807, 2.05) is 71.9 Å². The number of amides is 2. The summed E-state index contributed by atoms with van der Waals surface area (Å²) in [6.45, 7) is 17.7. The monoisotopic (exact) mass is 412 g/mol. The molecule has 1 aromatic carbocycles. The smallest absolute Gasteiger partial charge is 0.245 e. The molecule has 0 unspecified atom stereocenters. The summed E-state index contributed by atoms with van der Waals surface area (Å²) in [4.78, 5) is 27.4. The fourth-order valence-corrected chi connectivity index (χ4v) is 3.08. The molecule has 6 nitrogen and oxygen atoms in total. The van der Waals surface area contributed by atoms with Gasteiger partial charge in [0.1, 0.15) is 12.4 Å². The molecule has 30 heavy (non-hydrogen) atoms. The molecule has 2 rings (SSSR count). The molecule has 0 aliphatic carbocycles. The van der Waals surface area contributed by atoms with Gasteiger partial charge in [0.25, 0.3) is 0 Å². The van der Waals surface area contributed by atoms with Crippen LogP contribution in [0.4, 0.5) is 5.82 Å². The van der Waals surface area contributed by atoms with Gasteiger partial charge < -0.3 is 10.2 Å². The predicted octanol–water partition coefficient (Wildman–Crippen LogP) is 4.70. The van der Waals surface area contributed by atoms with Crippen molar-refractivity contribution in [2.75, 3.05) is 11.9 Å². The third-order valence-electron chi connectivity index (χ3n) is 4.93. The Morgan fingerprint density at radius 2 is 1.70 bits per heavy atom. The third kappa shape index (κ3) is 5.49. The van der Waals surface area contributed by atoms with Crippen LogP contribution in [0, 0.1) is 12.3 Å². The molecule has 0 bridgehead atoms. The van der Waals surface area contributed by atoms with Crippen molar-refractivity contribution in [3.63, 3.8) is 0 Å². The SMILES string of the molecule is Cc1ccccc1-n1nc(C(C)(C)C)cc1NC(=O)CN(C(=O)C(C)(C)C)C(C)C. The van der Waals surface area contributed by atoms with Crippen LogP contribution in [0.3, 0.4) is 0 Å². The molecule has 0 aliphatic rings. The lowest BCUT2D eigenvalue weighted by Crippen LogP contribution is -2.47. The second-order valence-electron chi connectivity index (χ2n) is 10.2. The number of aryl methyl sites for hydroxylation is 1. The van der Waals surface area contributed by atoms with Crippen molar-refractivity contribution >= 4 is 17.6 Å². The zero-order valence-electron chi connectivity index (χ0n) is 19.8. The number of hydrogen-bond acceptors (Lipinski definition) is 3. The van der Waals surface area contributed by atoms with Crippen LogP contribution >= 0.6 is 0 Å². The normalized spacial score (nSPS) is 12.2. The van der Waals surface area contributed by atoms with E-state index in [9.17, 15) is 9.59 Å². The summed E-state index contributed by atoms with van der Waals surface area (Å²) in [6.07, 6.45) is 0. The number of carbonyl (C=O) groups excluding carboxylic acids is 2. The van der Waals surface area contributed by atoms with Gasteiger partial charge in [-0.15, -0.1) is 0 Å². The highest BCUT2D eigenvalue weighted by atomic mass is 16.2. The quantitative estimate of drug-likeness (QED) is 0.774. The Hall–Kier alpha value is -2.63. The molecule has 164 valence electrons. The van der Waals surface area contributed by atoms with Crippen LogP contribution in [0.2, 0.25) is 0 Å². The summed E-state index contributed by atoms with van der Waals surface area (Å²) in [7, 11) is 0. The summed E-state index contributed by atoms with van der Waals surface area (Å²) in [5.41, 5.74) is 2.14. The summed E-state index contributed by atoms with van der Waals surface area (Å²) < 4.78 is 1.78. The number of rotatable bonds is 5. The maximum absolute atomic E-state index is 12.9. The number of nitrogens with one attached hydrogen (secondary N) is 1. The first kappa shape index (κ1) is 23.6. The Kier molecular flexibility index (Phi) is 6.80. The van der Waals surface area contributed by atoms with Crippen LogP contribution in [0.15, 0.2) is 30.3 Å². The van der Waals surface area contributed by atoms with Crippen LogP contribution in [-0.2, 0) is 15.0 Å². The van der Waals surface area contributed by atoms with E-state index in [0.717, 1.165) is 16.9 Å². The fourth-order valence-electron chi connectivity index (χ4n) is 3.08. The first-order chi connectivity index (χ1) is 13.7. The second kappa shape index (κ2) is 8.62. The first-order valence-electron chi connectivity index (χ1n) is 10.5. The van der Waals surface area contributed by atoms with Gasteiger partial charge in [0.15, 0.2) is 0 Å². The molecule has 2 aromatic rings. The van der Waals surface area contributed by atoms with Crippen molar-refractivity contribution in [3.05, 3.63) is 41.6 Å². The van der Waals surface area contributed by atoms with Crippen molar-refractivity contribution in [2.24, 2.45) is 5.41 Å². The Morgan fingerprint density at radius 1 is 1.10 bits per heavy atom. The number of para-hydroxylation sites is 1. The standard InChI is InChI=1S/C24H36N4O2/c1-16(2)27(22(30)24(7,8)9)15-21(29)25-20-14-19(23(4,5)6)26-28(20)18-13-11-10-12-17(18)3/h10-14,16H,15H2,1-9H3,(H,25,29). The highest BCUT2D eigenvalue weighted by Crippen LogP contribution is 2.27. The molecule has 1 aromatic heterocycles. The molecular weight excluding hydrogens is 376 g/mol. The number of benzene rings is 1. The summed E-state index contributed by atoms with van der Waals surface area (Å²) in [5.74, 6) is 0.318. The van der Waals surface area contributed by atoms with E-state index < -0.39 is 5.41 Å². The Morgan fingerprint density at radius 3 is 2.20 bits per heavy atom. The van der Waals surface area contributed by atoms with E-state index in [1.165, 1.54) is 0 Å². The van der Waals surface area contributed by atoms with E-state index in [4.69, 9.17) is 5.10 Å². The van der Waals surface area contributed by atoms with E-state index in [2.05, 4.69) is 26.1 Å². The lowest BCUT2D eigenvalue weighted by Gasteiger charge is -2.32. The van der Waals surface area contributed by atoms with Gasteiger partial charge in [-0.3, -0.25) is 9.59 Å². The molecule has 0 fully saturated rings. The number of nitrogens with zero attached hydrogens (tertiary/aromatic N) is 3. The van der Waals surface area contributed by atoms with Gasteiger partial charge in [0.2, 0.25) is 11.8 Å². The number of aromatic nitrogens is 2. The van der Waals surface area contributed by atoms with E-state index in [0.29, 0.717) is 5.82 Å². The predicted molar refractivity (Wildman–Crippen MR) is 122 cm³/mol. The zero-order valence-corrected chi connectivity index (χ0v) is 19.8. The van der Waals surface area contributed by atoms with Crippen LogP contribution in [-0.4, -0.2) is 39.1 Å². The van der Waals surface area contributed by atoms with Crippen molar-refractivity contribution in [2.45, 2.75) is 73.8 Å². The second-order valence-corrected chi connectivity index (χ2v) is 10.2. The van der Waals surface area contributed by atoms with E-state index in [-0.39, 0.29) is 29.8 Å². The molecule has 6 heteroatoms. The maximum atomic E-state index is 12.9. The van der Waals surface area contributed by atoms with Crippen molar-refractivity contribution in [3.8, 4) is 5.69 Å². The summed E-state index contributed by atoms with van der Waals surface area (Å²) in [5, 5.41) is 7.76. The van der Waals surface area contributed by atoms with Gasteiger partial charge in [-0.25, -0.2) is 4.68 Å². The Bertz CT molecular complexity index is 914. The fraction of sp³-hybridized carbons (Fsp3) is 0.542. The number of anilines is 1. The third-order valence-corrected chi connectivity index (χ3v) is 4.93. The van der Waals surface area contributed by atoms with Gasteiger partial charge in [-0.1, -0.05) is 59.7 Å². The largest absolute Gasteiger partial charge is 0.330 e. The average Bonchev–Trinajstić information content (AvgIpc) is 3.02. The zero-order chi connectivity index (χ0) is 22.9. The molecule has 0 saturated heterocycles. The minimum absolute atomic E-state index is 0.00241. The molecule has 0 aliphatic heterocycles. The lowest BCUT2D eigenvalue weighted by atomic mass is 9.92. The molecule has 0 atom stereocenters. The van der Waals surface area contributed by atoms with Gasteiger partial charge in [-0.05, 0) is 32.4 Å². The van der Waals surface area contributed by atoms with Crippen molar-refractivity contribution in [1.82, 2.24) is 14.7 Å². The molecule has 0 spiro atoms. The molecular formula is C24H36N4O2. The minimum atomic E-state index is -0.549. The molecule has 0 radical (unpaired) electrons. The molecule has 2 amide bonds. The summed E-state index contributed by atoms with van der Waals surface area (Å²) >= 11 is 0. The minimum Gasteiger partial charge on any atom is -0.330 e. The van der Waals surface area contributed by atoms with Gasteiger partial charge in [0.05, 0.1) is 11.4 Å². The van der Waals surface area contributed by atoms with Crippen molar-refractivity contribution < 1.29 is 9.59 Å². The number of carbonyl (C=O) groups is 2. The first-order valence-corrected chi connectivity index (χ1v) is 10.5. The van der Waals surface area contributed by atoms with E-state index in [1.54, 1.807) is 9.58 Å².